The fourth-order valence-corrected chi connectivity index (χ4v) is 9.56. The second kappa shape index (κ2) is 59.7. The lowest BCUT2D eigenvalue weighted by molar-refractivity contribution is -0.123. The molecule has 400 valence electrons. The van der Waals surface area contributed by atoms with Crippen LogP contribution in [0.2, 0.25) is 0 Å². The topological polar surface area (TPSA) is 69.6 Å². The molecule has 68 heavy (non-hydrogen) atoms. The lowest BCUT2D eigenvalue weighted by atomic mass is 10.0. The summed E-state index contributed by atoms with van der Waals surface area (Å²) in [5.74, 6) is -0.0723. The Morgan fingerprint density at radius 3 is 0.853 bits per heavy atom. The molecule has 0 aromatic rings. The highest BCUT2D eigenvalue weighted by Crippen LogP contribution is 2.17. The van der Waals surface area contributed by atoms with Gasteiger partial charge >= 0.3 is 0 Å². The molecule has 0 aliphatic rings. The third-order valence-electron chi connectivity index (χ3n) is 14.3. The van der Waals surface area contributed by atoms with Crippen LogP contribution in [0, 0.1) is 0 Å². The van der Waals surface area contributed by atoms with Crippen LogP contribution in [-0.2, 0) is 4.79 Å². The van der Waals surface area contributed by atoms with Crippen LogP contribution in [-0.4, -0.2) is 34.9 Å². The van der Waals surface area contributed by atoms with E-state index < -0.39 is 12.1 Å². The van der Waals surface area contributed by atoms with Crippen molar-refractivity contribution in [3.63, 3.8) is 0 Å². The summed E-state index contributed by atoms with van der Waals surface area (Å²) in [6, 6.07) is -0.646. The minimum atomic E-state index is -0.871. The van der Waals surface area contributed by atoms with Crippen molar-refractivity contribution < 1.29 is 15.0 Å². The molecule has 3 N–H and O–H groups in total. The summed E-state index contributed by atoms with van der Waals surface area (Å²) in [7, 11) is 0. The number of aliphatic hydroxyl groups excluding tert-OH is 2. The van der Waals surface area contributed by atoms with Crippen LogP contribution in [0.15, 0.2) is 48.6 Å². The molecule has 2 unspecified atom stereocenters. The molecule has 1 amide bonds. The largest absolute Gasteiger partial charge is 0.394 e. The molecule has 0 aromatic carbocycles. The van der Waals surface area contributed by atoms with E-state index in [0.717, 1.165) is 38.5 Å². The molecular formula is C64H121NO3. The third kappa shape index (κ3) is 55.3. The van der Waals surface area contributed by atoms with Gasteiger partial charge in [0.05, 0.1) is 18.8 Å². The Bertz CT molecular complexity index is 1080. The van der Waals surface area contributed by atoms with E-state index in [9.17, 15) is 15.0 Å². The summed E-state index contributed by atoms with van der Waals surface area (Å²) in [6.45, 7) is 4.33. The van der Waals surface area contributed by atoms with E-state index in [2.05, 4.69) is 55.6 Å². The van der Waals surface area contributed by atoms with E-state index in [1.165, 1.54) is 276 Å². The zero-order valence-electron chi connectivity index (χ0n) is 46.1. The highest BCUT2D eigenvalue weighted by molar-refractivity contribution is 5.76. The van der Waals surface area contributed by atoms with Crippen molar-refractivity contribution in [1.82, 2.24) is 5.32 Å². The lowest BCUT2D eigenvalue weighted by Crippen LogP contribution is -2.45. The molecule has 0 spiro atoms. The molecule has 0 bridgehead atoms. The number of unbranched alkanes of at least 4 members (excludes halogenated alkanes) is 44. The van der Waals surface area contributed by atoms with Crippen molar-refractivity contribution >= 4 is 5.91 Å². The van der Waals surface area contributed by atoms with Crippen molar-refractivity contribution in [2.75, 3.05) is 6.61 Å². The van der Waals surface area contributed by atoms with Gasteiger partial charge in [-0.05, 0) is 70.6 Å². The molecule has 0 aliphatic heterocycles. The van der Waals surface area contributed by atoms with Crippen LogP contribution < -0.4 is 5.32 Å². The summed E-state index contributed by atoms with van der Waals surface area (Å²) in [5, 5.41) is 23.2. The molecule has 4 nitrogen and oxygen atoms in total. The molecule has 0 heterocycles. The highest BCUT2D eigenvalue weighted by Gasteiger charge is 2.18. The summed E-state index contributed by atoms with van der Waals surface area (Å²) >= 11 is 0. The number of amides is 1. The number of nitrogens with one attached hydrogen (secondary N) is 1. The Morgan fingerprint density at radius 1 is 0.338 bits per heavy atom. The number of carbonyl (C=O) groups excluding carboxylic acids is 1. The fraction of sp³-hybridized carbons (Fsp3) is 0.859. The maximum absolute atomic E-state index is 12.5. The smallest absolute Gasteiger partial charge is 0.220 e. The van der Waals surface area contributed by atoms with Crippen LogP contribution in [0.1, 0.15) is 335 Å². The van der Waals surface area contributed by atoms with E-state index in [1.807, 2.05) is 6.08 Å². The first-order valence-corrected chi connectivity index (χ1v) is 30.9. The number of carbonyl (C=O) groups is 1. The Labute approximate surface area is 426 Å². The van der Waals surface area contributed by atoms with Gasteiger partial charge in [0.25, 0.3) is 0 Å². The van der Waals surface area contributed by atoms with E-state index in [-0.39, 0.29) is 12.5 Å². The van der Waals surface area contributed by atoms with Crippen molar-refractivity contribution in [3.05, 3.63) is 48.6 Å². The summed E-state index contributed by atoms with van der Waals surface area (Å²) < 4.78 is 0. The van der Waals surface area contributed by atoms with Gasteiger partial charge < -0.3 is 15.5 Å². The molecule has 0 saturated carbocycles. The van der Waals surface area contributed by atoms with Crippen LogP contribution in [0.4, 0.5) is 0 Å². The predicted molar refractivity (Wildman–Crippen MR) is 304 cm³/mol. The SMILES string of the molecule is CCCCCCCCCC/C=C\CCCCCCCCCCCCCCCCCCCCCCCC(=O)NC(CO)C(O)/C=C/CC/C=C/CC/C=C/CCCCCCCCCCCCCCC. The number of rotatable bonds is 57. The summed E-state index contributed by atoms with van der Waals surface area (Å²) in [6.07, 6.45) is 83.1. The zero-order chi connectivity index (χ0) is 49.2. The Morgan fingerprint density at radius 2 is 0.574 bits per heavy atom. The van der Waals surface area contributed by atoms with E-state index >= 15 is 0 Å². The highest BCUT2D eigenvalue weighted by atomic mass is 16.3. The fourth-order valence-electron chi connectivity index (χ4n) is 9.56. The normalized spacial score (nSPS) is 13.1. The summed E-state index contributed by atoms with van der Waals surface area (Å²) in [5.41, 5.74) is 0. The lowest BCUT2D eigenvalue weighted by Gasteiger charge is -2.19. The molecule has 0 aromatic heterocycles. The maximum Gasteiger partial charge on any atom is 0.220 e. The van der Waals surface area contributed by atoms with Crippen molar-refractivity contribution in [3.8, 4) is 0 Å². The molecule has 0 saturated heterocycles. The van der Waals surface area contributed by atoms with Gasteiger partial charge in [0.1, 0.15) is 0 Å². The molecular weight excluding hydrogens is 831 g/mol. The van der Waals surface area contributed by atoms with Gasteiger partial charge in [0.15, 0.2) is 0 Å². The van der Waals surface area contributed by atoms with Crippen LogP contribution >= 0.6 is 0 Å². The van der Waals surface area contributed by atoms with Crippen LogP contribution in [0.5, 0.6) is 0 Å². The van der Waals surface area contributed by atoms with Gasteiger partial charge in [0.2, 0.25) is 5.91 Å². The minimum Gasteiger partial charge on any atom is -0.394 e. The van der Waals surface area contributed by atoms with E-state index in [1.54, 1.807) is 6.08 Å². The summed E-state index contributed by atoms with van der Waals surface area (Å²) in [4.78, 5) is 12.5. The molecule has 0 fully saturated rings. The molecule has 4 heteroatoms. The number of hydrogen-bond donors (Lipinski definition) is 3. The van der Waals surface area contributed by atoms with Crippen molar-refractivity contribution in [1.29, 1.82) is 0 Å². The Balaban J connectivity index is 3.48. The average molecular weight is 953 g/mol. The molecule has 0 rings (SSSR count). The van der Waals surface area contributed by atoms with Crippen molar-refractivity contribution in [2.45, 2.75) is 347 Å². The quantitative estimate of drug-likeness (QED) is 0.0420. The van der Waals surface area contributed by atoms with E-state index in [0.29, 0.717) is 6.42 Å². The van der Waals surface area contributed by atoms with Gasteiger partial charge in [-0.15, -0.1) is 0 Å². The van der Waals surface area contributed by atoms with Gasteiger partial charge in [-0.1, -0.05) is 306 Å². The van der Waals surface area contributed by atoms with Crippen molar-refractivity contribution in [2.24, 2.45) is 0 Å². The first kappa shape index (κ1) is 66.3. The standard InChI is InChI=1S/C64H121NO3/c1-3-5-7-9-11-13-15-17-19-21-23-25-27-28-29-30-31-32-33-34-35-36-38-40-42-44-46-48-50-52-54-56-58-60-64(68)65-62(61-66)63(67)59-57-55-53-51-49-47-45-43-41-39-37-26-24-22-20-18-16-14-12-10-8-6-4-2/h21,23,41,43,49,51,57,59,62-63,66-67H,3-20,22,24-40,42,44-48,50,52-56,58,60-61H2,1-2H3,(H,65,68)/b23-21-,43-41+,51-49+,59-57+. The minimum absolute atomic E-state index is 0.0723. The third-order valence-corrected chi connectivity index (χ3v) is 14.3. The molecule has 0 aliphatic carbocycles. The number of hydrogen-bond acceptors (Lipinski definition) is 3. The Hall–Kier alpha value is -1.65. The van der Waals surface area contributed by atoms with Gasteiger partial charge in [-0.3, -0.25) is 4.79 Å². The second-order valence-corrected chi connectivity index (χ2v) is 21.1. The number of aliphatic hydroxyl groups is 2. The van der Waals surface area contributed by atoms with Gasteiger partial charge in [0, 0.05) is 6.42 Å². The maximum atomic E-state index is 12.5. The molecule has 0 radical (unpaired) electrons. The molecule has 2 atom stereocenters. The van der Waals surface area contributed by atoms with Gasteiger partial charge in [-0.2, -0.15) is 0 Å². The van der Waals surface area contributed by atoms with Crippen LogP contribution in [0.3, 0.4) is 0 Å². The monoisotopic (exact) mass is 952 g/mol. The zero-order valence-corrected chi connectivity index (χ0v) is 46.1. The first-order chi connectivity index (χ1) is 33.7. The van der Waals surface area contributed by atoms with Gasteiger partial charge in [-0.25, -0.2) is 0 Å². The van der Waals surface area contributed by atoms with E-state index in [4.69, 9.17) is 0 Å². The average Bonchev–Trinajstić information content (AvgIpc) is 3.34. The number of allylic oxidation sites excluding steroid dienone is 7. The Kier molecular flexibility index (Phi) is 58.2. The van der Waals surface area contributed by atoms with Crippen LogP contribution in [0.25, 0.3) is 0 Å². The first-order valence-electron chi connectivity index (χ1n) is 30.9. The predicted octanol–water partition coefficient (Wildman–Crippen LogP) is 20.6. The second-order valence-electron chi connectivity index (χ2n) is 21.1.